The number of nitrogens with one attached hydrogen (secondary N) is 1. The minimum Gasteiger partial charge on any atom is -0.476 e. The number of rotatable bonds is 6. The number of hydrogen-bond acceptors (Lipinski definition) is 5. The fourth-order valence-electron chi connectivity index (χ4n) is 2.74. The van der Waals surface area contributed by atoms with Crippen LogP contribution >= 0.6 is 11.3 Å². The lowest BCUT2D eigenvalue weighted by Crippen LogP contribution is -2.15. The van der Waals surface area contributed by atoms with Gasteiger partial charge >= 0.3 is 5.97 Å². The van der Waals surface area contributed by atoms with Crippen LogP contribution in [0.15, 0.2) is 52.2 Å². The van der Waals surface area contributed by atoms with E-state index in [-0.39, 0.29) is 5.69 Å². The molecule has 134 valence electrons. The lowest BCUT2D eigenvalue weighted by Gasteiger charge is -2.12. The zero-order valence-corrected chi connectivity index (χ0v) is 15.1. The third-order valence-electron chi connectivity index (χ3n) is 4.12. The molecule has 1 fully saturated rings. The molecule has 1 aliphatic carbocycles. The summed E-state index contributed by atoms with van der Waals surface area (Å²) in [5.41, 5.74) is 1.54. The molecule has 26 heavy (non-hydrogen) atoms. The molecular formula is C17H15N3O4S2. The standard InChI is InChI=1S/C17H15N3O4S2/c21-16(22)14-7-9-20(18-14)15-4-2-1-3-13(15)19-26(23,24)17-12(8-10-25-17)11-5-6-11/h1-4,7-11,19H,5-6H2,(H,21,22). The van der Waals surface area contributed by atoms with Crippen LogP contribution in [0.3, 0.4) is 0 Å². The van der Waals surface area contributed by atoms with Crippen LogP contribution in [0, 0.1) is 0 Å². The predicted molar refractivity (Wildman–Crippen MR) is 97.6 cm³/mol. The first-order valence-corrected chi connectivity index (χ1v) is 10.3. The van der Waals surface area contributed by atoms with Crippen LogP contribution in [0.1, 0.15) is 34.8 Å². The van der Waals surface area contributed by atoms with Gasteiger partial charge in [-0.05, 0) is 54.0 Å². The van der Waals surface area contributed by atoms with Gasteiger partial charge in [-0.25, -0.2) is 17.9 Å². The van der Waals surface area contributed by atoms with Gasteiger partial charge in [-0.2, -0.15) is 5.10 Å². The van der Waals surface area contributed by atoms with Crippen molar-refractivity contribution >= 4 is 33.0 Å². The maximum atomic E-state index is 12.9. The first kappa shape index (κ1) is 16.8. The zero-order chi connectivity index (χ0) is 18.3. The molecule has 0 radical (unpaired) electrons. The van der Waals surface area contributed by atoms with Gasteiger partial charge in [0.05, 0.1) is 11.4 Å². The van der Waals surface area contributed by atoms with Gasteiger partial charge in [0.1, 0.15) is 4.21 Å². The van der Waals surface area contributed by atoms with Crippen molar-refractivity contribution in [2.24, 2.45) is 0 Å². The molecule has 0 bridgehead atoms. The molecule has 0 unspecified atom stereocenters. The van der Waals surface area contributed by atoms with E-state index in [9.17, 15) is 13.2 Å². The molecular weight excluding hydrogens is 374 g/mol. The van der Waals surface area contributed by atoms with Crippen LogP contribution in [-0.2, 0) is 10.0 Å². The molecule has 2 N–H and O–H groups in total. The van der Waals surface area contributed by atoms with E-state index in [0.717, 1.165) is 18.4 Å². The molecule has 9 heteroatoms. The average molecular weight is 389 g/mol. The summed E-state index contributed by atoms with van der Waals surface area (Å²) < 4.78 is 30.1. The summed E-state index contributed by atoms with van der Waals surface area (Å²) in [4.78, 5) is 11.0. The fraction of sp³-hybridized carbons (Fsp3) is 0.176. The van der Waals surface area contributed by atoms with Crippen molar-refractivity contribution < 1.29 is 18.3 Å². The van der Waals surface area contributed by atoms with Crippen LogP contribution in [0.2, 0.25) is 0 Å². The Balaban J connectivity index is 1.70. The molecule has 0 saturated heterocycles. The van der Waals surface area contributed by atoms with Gasteiger partial charge in [-0.3, -0.25) is 4.72 Å². The highest BCUT2D eigenvalue weighted by Gasteiger charge is 2.31. The Morgan fingerprint density at radius 3 is 2.69 bits per heavy atom. The number of anilines is 1. The van der Waals surface area contributed by atoms with Gasteiger partial charge in [0.15, 0.2) is 5.69 Å². The van der Waals surface area contributed by atoms with Crippen LogP contribution in [0.4, 0.5) is 5.69 Å². The Hall–Kier alpha value is -2.65. The van der Waals surface area contributed by atoms with Gasteiger partial charge in [0.2, 0.25) is 0 Å². The van der Waals surface area contributed by atoms with E-state index in [4.69, 9.17) is 5.11 Å². The number of thiophene rings is 1. The molecule has 4 rings (SSSR count). The Labute approximate surface area is 154 Å². The van der Waals surface area contributed by atoms with E-state index in [0.29, 0.717) is 21.5 Å². The first-order valence-electron chi connectivity index (χ1n) is 7.94. The summed E-state index contributed by atoms with van der Waals surface area (Å²) in [5, 5.41) is 14.8. The number of aromatic nitrogens is 2. The minimum absolute atomic E-state index is 0.114. The molecule has 2 heterocycles. The van der Waals surface area contributed by atoms with Crippen LogP contribution in [0.25, 0.3) is 5.69 Å². The van der Waals surface area contributed by atoms with Crippen molar-refractivity contribution in [1.82, 2.24) is 9.78 Å². The van der Waals surface area contributed by atoms with Crippen molar-refractivity contribution in [3.63, 3.8) is 0 Å². The van der Waals surface area contributed by atoms with Crippen molar-refractivity contribution in [3.8, 4) is 5.69 Å². The van der Waals surface area contributed by atoms with Crippen LogP contribution < -0.4 is 4.72 Å². The quantitative estimate of drug-likeness (QED) is 0.673. The summed E-state index contributed by atoms with van der Waals surface area (Å²) in [5.74, 6) is -0.818. The number of nitrogens with zero attached hydrogens (tertiary/aromatic N) is 2. The lowest BCUT2D eigenvalue weighted by molar-refractivity contribution is 0.0690. The van der Waals surface area contributed by atoms with Gasteiger partial charge < -0.3 is 5.11 Å². The van der Waals surface area contributed by atoms with Gasteiger partial charge in [-0.1, -0.05) is 12.1 Å². The molecule has 0 atom stereocenters. The number of carbonyl (C=O) groups is 1. The summed E-state index contributed by atoms with van der Waals surface area (Å²) in [6.45, 7) is 0. The molecule has 0 spiro atoms. The summed E-state index contributed by atoms with van der Waals surface area (Å²) in [7, 11) is -3.73. The number of carboxylic acid groups (broad SMARTS) is 1. The third-order valence-corrected chi connectivity index (χ3v) is 7.00. The molecule has 7 nitrogen and oxygen atoms in total. The van der Waals surface area contributed by atoms with Crippen molar-refractivity contribution in [1.29, 1.82) is 0 Å². The second kappa shape index (κ2) is 6.26. The maximum Gasteiger partial charge on any atom is 0.356 e. The molecule has 1 aliphatic rings. The van der Waals surface area contributed by atoms with E-state index in [1.807, 2.05) is 6.07 Å². The highest BCUT2D eigenvalue weighted by Crippen LogP contribution is 2.45. The van der Waals surface area contributed by atoms with Gasteiger partial charge in [0.25, 0.3) is 10.0 Å². The second-order valence-corrected chi connectivity index (χ2v) is 8.80. The predicted octanol–water partition coefficient (Wildman–Crippen LogP) is 3.31. The summed E-state index contributed by atoms with van der Waals surface area (Å²) in [6, 6.07) is 9.97. The zero-order valence-electron chi connectivity index (χ0n) is 13.5. The normalized spacial score (nSPS) is 14.3. The monoisotopic (exact) mass is 389 g/mol. The van der Waals surface area contributed by atoms with Crippen molar-refractivity contribution in [2.75, 3.05) is 4.72 Å². The molecule has 1 aromatic carbocycles. The largest absolute Gasteiger partial charge is 0.476 e. The highest BCUT2D eigenvalue weighted by molar-refractivity contribution is 7.94. The SMILES string of the molecule is O=C(O)c1ccn(-c2ccccc2NS(=O)(=O)c2sccc2C2CC2)n1. The molecule has 1 saturated carbocycles. The lowest BCUT2D eigenvalue weighted by atomic mass is 10.2. The van der Waals surface area contributed by atoms with Crippen molar-refractivity contribution in [2.45, 2.75) is 23.0 Å². The van der Waals surface area contributed by atoms with E-state index in [1.54, 1.807) is 29.6 Å². The number of hydrogen-bond donors (Lipinski definition) is 2. The Morgan fingerprint density at radius 1 is 1.23 bits per heavy atom. The van der Waals surface area contributed by atoms with Gasteiger partial charge in [0, 0.05) is 6.20 Å². The van der Waals surface area contributed by atoms with Gasteiger partial charge in [-0.15, -0.1) is 11.3 Å². The van der Waals surface area contributed by atoms with E-state index < -0.39 is 16.0 Å². The number of aromatic carboxylic acids is 1. The molecule has 0 amide bonds. The van der Waals surface area contributed by atoms with Crippen molar-refractivity contribution in [3.05, 3.63) is 59.2 Å². The Morgan fingerprint density at radius 2 is 2.00 bits per heavy atom. The molecule has 0 aliphatic heterocycles. The Kier molecular flexibility index (Phi) is 4.04. The first-order chi connectivity index (χ1) is 12.5. The summed E-state index contributed by atoms with van der Waals surface area (Å²) in [6.07, 6.45) is 3.51. The highest BCUT2D eigenvalue weighted by atomic mass is 32.2. The van der Waals surface area contributed by atoms with Crippen LogP contribution in [0.5, 0.6) is 0 Å². The van der Waals surface area contributed by atoms with E-state index >= 15 is 0 Å². The average Bonchev–Trinajstić information content (AvgIpc) is 3.12. The smallest absolute Gasteiger partial charge is 0.356 e. The molecule has 2 aromatic heterocycles. The topological polar surface area (TPSA) is 101 Å². The Bertz CT molecular complexity index is 1080. The van der Waals surface area contributed by atoms with E-state index in [2.05, 4.69) is 9.82 Å². The second-order valence-electron chi connectivity index (χ2n) is 6.01. The fourth-order valence-corrected chi connectivity index (χ4v) is 5.35. The number of benzene rings is 1. The number of para-hydroxylation sites is 2. The molecule has 3 aromatic rings. The number of sulfonamides is 1. The summed E-state index contributed by atoms with van der Waals surface area (Å²) >= 11 is 1.20. The number of carboxylic acids is 1. The third kappa shape index (κ3) is 3.11. The van der Waals surface area contributed by atoms with Crippen LogP contribution in [-0.4, -0.2) is 29.3 Å². The minimum atomic E-state index is -3.73. The maximum absolute atomic E-state index is 12.9. The van der Waals surface area contributed by atoms with E-state index in [1.165, 1.54) is 28.3 Å².